The highest BCUT2D eigenvalue weighted by atomic mass is 35.5. The highest BCUT2D eigenvalue weighted by molar-refractivity contribution is 7.99. The van der Waals surface area contributed by atoms with Gasteiger partial charge in [-0.25, -0.2) is 15.0 Å². The van der Waals surface area contributed by atoms with E-state index < -0.39 is 0 Å². The second-order valence-corrected chi connectivity index (χ2v) is 10.5. The number of hydrogen-bond acceptors (Lipinski definition) is 10. The van der Waals surface area contributed by atoms with Gasteiger partial charge < -0.3 is 16.4 Å². The molecule has 4 N–H and O–H groups in total. The Labute approximate surface area is 191 Å². The highest BCUT2D eigenvalue weighted by Crippen LogP contribution is 2.53. The van der Waals surface area contributed by atoms with E-state index in [9.17, 15) is 0 Å². The predicted octanol–water partition coefficient (Wildman–Crippen LogP) is 3.61. The van der Waals surface area contributed by atoms with E-state index in [1.54, 1.807) is 18.5 Å². The van der Waals surface area contributed by atoms with Crippen LogP contribution in [0.5, 0.6) is 0 Å². The van der Waals surface area contributed by atoms with Gasteiger partial charge in [-0.2, -0.15) is 0 Å². The van der Waals surface area contributed by atoms with Crippen molar-refractivity contribution >= 4 is 58.1 Å². The molecule has 2 aliphatic rings. The van der Waals surface area contributed by atoms with Crippen molar-refractivity contribution in [2.24, 2.45) is 11.1 Å². The van der Waals surface area contributed by atoms with Crippen molar-refractivity contribution in [1.82, 2.24) is 25.1 Å². The number of nitrogens with zero attached hydrogens (tertiary/aromatic N) is 6. The van der Waals surface area contributed by atoms with Gasteiger partial charge in [0.2, 0.25) is 5.95 Å². The predicted molar refractivity (Wildman–Crippen MR) is 119 cm³/mol. The average molecular weight is 481 g/mol. The molecule has 1 fully saturated rings. The van der Waals surface area contributed by atoms with Crippen LogP contribution in [0.25, 0.3) is 0 Å². The van der Waals surface area contributed by atoms with E-state index in [2.05, 4.69) is 30.0 Å². The Balaban J connectivity index is 1.25. The number of pyridine rings is 1. The molecule has 4 heterocycles. The first kappa shape index (κ1) is 20.2. The minimum atomic E-state index is -0.00461. The lowest BCUT2D eigenvalue weighted by atomic mass is 9.74. The number of nitrogens with two attached hydrogens (primary N) is 2. The molecule has 0 amide bonds. The van der Waals surface area contributed by atoms with Crippen LogP contribution in [0.15, 0.2) is 28.4 Å². The lowest BCUT2D eigenvalue weighted by Crippen LogP contribution is -2.45. The summed E-state index contributed by atoms with van der Waals surface area (Å²) in [4.78, 5) is 17.0. The topological polar surface area (TPSA) is 120 Å². The number of rotatable bonds is 3. The first-order chi connectivity index (χ1) is 14.4. The molecule has 0 radical (unpaired) electrons. The molecule has 8 nitrogen and oxygen atoms in total. The number of thiazole rings is 1. The molecule has 12 heteroatoms. The summed E-state index contributed by atoms with van der Waals surface area (Å²) < 4.78 is 0.580. The second-order valence-electron chi connectivity index (χ2n) is 7.49. The summed E-state index contributed by atoms with van der Waals surface area (Å²) in [5.41, 5.74) is 13.5. The molecule has 3 aromatic heterocycles. The van der Waals surface area contributed by atoms with E-state index in [1.807, 2.05) is 0 Å². The third-order valence-electron chi connectivity index (χ3n) is 5.83. The number of fused-ring (bicyclic) bond motifs is 1. The van der Waals surface area contributed by atoms with Crippen LogP contribution in [0.2, 0.25) is 9.49 Å². The Hall–Kier alpha value is -1.72. The summed E-state index contributed by atoms with van der Waals surface area (Å²) in [6.45, 7) is 1.66. The first-order valence-electron chi connectivity index (χ1n) is 9.38. The van der Waals surface area contributed by atoms with Crippen LogP contribution in [0.3, 0.4) is 0 Å². The molecule has 0 saturated carbocycles. The fraction of sp³-hybridized carbons (Fsp3) is 0.389. The van der Waals surface area contributed by atoms with Gasteiger partial charge in [-0.05, 0) is 30.7 Å². The molecular formula is C18H18Cl2N8S2. The molecule has 1 spiro atoms. The molecule has 156 valence electrons. The van der Waals surface area contributed by atoms with E-state index in [1.165, 1.54) is 23.1 Å². The molecule has 5 rings (SSSR count). The molecule has 1 aliphatic heterocycles. The number of halogens is 2. The van der Waals surface area contributed by atoms with Crippen LogP contribution in [0, 0.1) is 5.41 Å². The van der Waals surface area contributed by atoms with Crippen LogP contribution in [0.4, 0.5) is 11.8 Å². The summed E-state index contributed by atoms with van der Waals surface area (Å²) in [5.74, 6) is 0.912. The molecular weight excluding hydrogens is 463 g/mol. The normalized spacial score (nSPS) is 20.0. The Morgan fingerprint density at radius 1 is 1.20 bits per heavy atom. The fourth-order valence-corrected chi connectivity index (χ4v) is 6.41. The Morgan fingerprint density at radius 2 is 2.00 bits per heavy atom. The van der Waals surface area contributed by atoms with Crippen molar-refractivity contribution < 1.29 is 0 Å². The van der Waals surface area contributed by atoms with Crippen molar-refractivity contribution in [3.05, 3.63) is 38.5 Å². The smallest absolute Gasteiger partial charge is 0.245 e. The fourth-order valence-electron chi connectivity index (χ4n) is 4.15. The van der Waals surface area contributed by atoms with E-state index >= 15 is 0 Å². The van der Waals surface area contributed by atoms with Gasteiger partial charge in [0.05, 0.1) is 16.9 Å². The standard InChI is InChI=1S/C18H18Cl2N8S2/c19-12-10(1-4-23-15(12)22)29-11-8-24-17(27-26-11)28-5-2-18(3-6-28)7-9-13(14(18)21)30-16(20)25-9/h1,4,8,14H,2-3,5-7,21H2,(H2,22,23)/t14-/m1/s1. The summed E-state index contributed by atoms with van der Waals surface area (Å²) >= 11 is 15.1. The Morgan fingerprint density at radius 3 is 2.70 bits per heavy atom. The van der Waals surface area contributed by atoms with Gasteiger partial charge in [0.15, 0.2) is 4.47 Å². The Kier molecular flexibility index (Phi) is 5.22. The van der Waals surface area contributed by atoms with Crippen molar-refractivity contribution in [1.29, 1.82) is 0 Å². The van der Waals surface area contributed by atoms with Crippen LogP contribution in [-0.2, 0) is 6.42 Å². The van der Waals surface area contributed by atoms with Crippen molar-refractivity contribution in [3.63, 3.8) is 0 Å². The minimum absolute atomic E-state index is 0.00461. The van der Waals surface area contributed by atoms with Crippen LogP contribution >= 0.6 is 46.3 Å². The van der Waals surface area contributed by atoms with E-state index in [-0.39, 0.29) is 11.5 Å². The van der Waals surface area contributed by atoms with Crippen molar-refractivity contribution in [3.8, 4) is 0 Å². The quantitative estimate of drug-likeness (QED) is 0.578. The summed E-state index contributed by atoms with van der Waals surface area (Å²) in [6.07, 6.45) is 6.12. The maximum atomic E-state index is 6.59. The third-order valence-corrected chi connectivity index (χ3v) is 8.58. The Bertz CT molecular complexity index is 1080. The molecule has 0 bridgehead atoms. The molecule has 1 aliphatic carbocycles. The lowest BCUT2D eigenvalue weighted by Gasteiger charge is -2.41. The van der Waals surface area contributed by atoms with Gasteiger partial charge in [0.1, 0.15) is 10.8 Å². The second kappa shape index (κ2) is 7.76. The molecule has 30 heavy (non-hydrogen) atoms. The number of aromatic nitrogens is 5. The monoisotopic (exact) mass is 480 g/mol. The number of anilines is 2. The van der Waals surface area contributed by atoms with Crippen LogP contribution in [-0.4, -0.2) is 38.2 Å². The molecule has 3 aromatic rings. The SMILES string of the molecule is Nc1nccc(Sc2cnc(N3CCC4(CC3)Cc3nc(Cl)sc3[C@H]4N)nn2)c1Cl. The molecule has 0 unspecified atom stereocenters. The number of piperidine rings is 1. The van der Waals surface area contributed by atoms with Gasteiger partial charge >= 0.3 is 0 Å². The van der Waals surface area contributed by atoms with E-state index in [0.29, 0.717) is 26.3 Å². The zero-order valence-electron chi connectivity index (χ0n) is 15.8. The van der Waals surface area contributed by atoms with Gasteiger partial charge in [0, 0.05) is 35.1 Å². The number of nitrogen functional groups attached to an aromatic ring is 1. The summed E-state index contributed by atoms with van der Waals surface area (Å²) in [7, 11) is 0. The molecule has 0 aromatic carbocycles. The van der Waals surface area contributed by atoms with Crippen molar-refractivity contribution in [2.75, 3.05) is 23.7 Å². The van der Waals surface area contributed by atoms with Crippen LogP contribution < -0.4 is 16.4 Å². The largest absolute Gasteiger partial charge is 0.382 e. The van der Waals surface area contributed by atoms with Gasteiger partial charge in [-0.15, -0.1) is 21.5 Å². The van der Waals surface area contributed by atoms with Gasteiger partial charge in [0.25, 0.3) is 0 Å². The molecule has 1 saturated heterocycles. The summed E-state index contributed by atoms with van der Waals surface area (Å²) in [5, 5.41) is 9.67. The lowest BCUT2D eigenvalue weighted by molar-refractivity contribution is 0.187. The van der Waals surface area contributed by atoms with Crippen molar-refractivity contribution in [2.45, 2.75) is 35.2 Å². The highest BCUT2D eigenvalue weighted by Gasteiger charge is 2.48. The molecule has 1 atom stereocenters. The average Bonchev–Trinajstić information content (AvgIpc) is 3.22. The zero-order valence-corrected chi connectivity index (χ0v) is 18.9. The maximum Gasteiger partial charge on any atom is 0.245 e. The summed E-state index contributed by atoms with van der Waals surface area (Å²) in [6, 6.07) is 1.78. The number of hydrogen-bond donors (Lipinski definition) is 2. The minimum Gasteiger partial charge on any atom is -0.382 e. The van der Waals surface area contributed by atoms with Gasteiger partial charge in [-0.3, -0.25) is 0 Å². The van der Waals surface area contributed by atoms with Crippen LogP contribution in [0.1, 0.15) is 29.5 Å². The van der Waals surface area contributed by atoms with Gasteiger partial charge in [-0.1, -0.05) is 35.0 Å². The third kappa shape index (κ3) is 3.50. The van der Waals surface area contributed by atoms with E-state index in [0.717, 1.165) is 47.8 Å². The zero-order chi connectivity index (χ0) is 20.9. The maximum absolute atomic E-state index is 6.59. The first-order valence-corrected chi connectivity index (χ1v) is 11.8. The van der Waals surface area contributed by atoms with E-state index in [4.69, 9.17) is 34.7 Å².